The molecule has 0 rings (SSSR count). The number of rotatable bonds is 6. The van der Waals surface area contributed by atoms with Crippen molar-refractivity contribution in [2.75, 3.05) is 11.9 Å². The lowest BCUT2D eigenvalue weighted by molar-refractivity contribution is 0.0173. The number of alkyl halides is 1. The van der Waals surface area contributed by atoms with Gasteiger partial charge in [-0.2, -0.15) is 0 Å². The van der Waals surface area contributed by atoms with Crippen LogP contribution in [0.15, 0.2) is 0 Å². The zero-order chi connectivity index (χ0) is 9.56. The van der Waals surface area contributed by atoms with Crippen LogP contribution in [-0.2, 0) is 4.74 Å². The summed E-state index contributed by atoms with van der Waals surface area (Å²) in [5, 5.41) is 1.05. The van der Waals surface area contributed by atoms with Gasteiger partial charge in [-0.15, -0.1) is 0 Å². The van der Waals surface area contributed by atoms with Crippen LogP contribution >= 0.6 is 15.9 Å². The van der Waals surface area contributed by atoms with Crippen molar-refractivity contribution in [1.29, 1.82) is 0 Å². The fraction of sp³-hybridized carbons (Fsp3) is 1.00. The Morgan fingerprint density at radius 2 is 1.83 bits per heavy atom. The van der Waals surface area contributed by atoms with Crippen molar-refractivity contribution >= 4 is 15.9 Å². The van der Waals surface area contributed by atoms with Crippen LogP contribution in [0.1, 0.15) is 34.1 Å². The minimum Gasteiger partial charge on any atom is -0.378 e. The van der Waals surface area contributed by atoms with E-state index in [0.717, 1.165) is 11.9 Å². The van der Waals surface area contributed by atoms with E-state index in [-0.39, 0.29) is 0 Å². The highest BCUT2D eigenvalue weighted by atomic mass is 79.9. The topological polar surface area (TPSA) is 9.23 Å². The monoisotopic (exact) mass is 236 g/mol. The molecule has 0 aliphatic rings. The van der Waals surface area contributed by atoms with Crippen LogP contribution in [0.3, 0.4) is 0 Å². The van der Waals surface area contributed by atoms with Gasteiger partial charge in [0.1, 0.15) is 0 Å². The molecule has 0 saturated carbocycles. The Bertz CT molecular complexity index is 98.0. The quantitative estimate of drug-likeness (QED) is 0.643. The van der Waals surface area contributed by atoms with Gasteiger partial charge in [0.25, 0.3) is 0 Å². The van der Waals surface area contributed by atoms with Gasteiger partial charge in [0.2, 0.25) is 0 Å². The highest BCUT2D eigenvalue weighted by molar-refractivity contribution is 9.09. The third-order valence-electron chi connectivity index (χ3n) is 2.33. The average molecular weight is 237 g/mol. The van der Waals surface area contributed by atoms with Crippen molar-refractivity contribution in [3.05, 3.63) is 0 Å². The van der Waals surface area contributed by atoms with Crippen molar-refractivity contribution in [2.24, 2.45) is 11.8 Å². The molecule has 2 unspecified atom stereocenters. The molecule has 0 aromatic carbocycles. The molecule has 2 atom stereocenters. The second kappa shape index (κ2) is 6.90. The largest absolute Gasteiger partial charge is 0.378 e. The molecule has 12 heavy (non-hydrogen) atoms. The normalized spacial score (nSPS) is 16.5. The van der Waals surface area contributed by atoms with Crippen LogP contribution in [-0.4, -0.2) is 18.0 Å². The van der Waals surface area contributed by atoms with Gasteiger partial charge >= 0.3 is 0 Å². The van der Waals surface area contributed by atoms with Crippen molar-refractivity contribution in [1.82, 2.24) is 0 Å². The smallest absolute Gasteiger partial charge is 0.0570 e. The van der Waals surface area contributed by atoms with Gasteiger partial charge in [0.15, 0.2) is 0 Å². The molecule has 0 bridgehead atoms. The van der Waals surface area contributed by atoms with E-state index in [2.05, 4.69) is 43.6 Å². The minimum atomic E-state index is 0.387. The van der Waals surface area contributed by atoms with Crippen LogP contribution in [0, 0.1) is 11.8 Å². The molecular weight excluding hydrogens is 216 g/mol. The first-order chi connectivity index (χ1) is 5.61. The molecule has 74 valence electrons. The predicted molar refractivity (Wildman–Crippen MR) is 57.8 cm³/mol. The first-order valence-electron chi connectivity index (χ1n) is 4.79. The van der Waals surface area contributed by atoms with Gasteiger partial charge in [0.05, 0.1) is 12.7 Å². The van der Waals surface area contributed by atoms with Gasteiger partial charge in [-0.25, -0.2) is 0 Å². The second-order valence-electron chi connectivity index (χ2n) is 3.71. The zero-order valence-corrected chi connectivity index (χ0v) is 10.2. The first kappa shape index (κ1) is 12.4. The summed E-state index contributed by atoms with van der Waals surface area (Å²) in [6.45, 7) is 9.63. The molecule has 0 aromatic rings. The summed E-state index contributed by atoms with van der Waals surface area (Å²) >= 11 is 3.48. The highest BCUT2D eigenvalue weighted by Gasteiger charge is 2.10. The van der Waals surface area contributed by atoms with E-state index in [4.69, 9.17) is 4.74 Å². The SMILES string of the molecule is CCC(CBr)COC(C)C(C)C. The molecule has 0 aromatic heterocycles. The molecule has 0 N–H and O–H groups in total. The van der Waals surface area contributed by atoms with Crippen molar-refractivity contribution in [3.63, 3.8) is 0 Å². The zero-order valence-electron chi connectivity index (χ0n) is 8.64. The Labute approximate surface area is 85.0 Å². The van der Waals surface area contributed by atoms with Gasteiger partial charge in [-0.3, -0.25) is 0 Å². The van der Waals surface area contributed by atoms with E-state index in [1.165, 1.54) is 6.42 Å². The van der Waals surface area contributed by atoms with Crippen LogP contribution in [0.5, 0.6) is 0 Å². The van der Waals surface area contributed by atoms with E-state index >= 15 is 0 Å². The Hall–Kier alpha value is 0.440. The summed E-state index contributed by atoms with van der Waals surface area (Å²) in [4.78, 5) is 0. The van der Waals surface area contributed by atoms with E-state index < -0.39 is 0 Å². The van der Waals surface area contributed by atoms with Gasteiger partial charge in [-0.1, -0.05) is 43.1 Å². The Balaban J connectivity index is 3.51. The van der Waals surface area contributed by atoms with E-state index in [9.17, 15) is 0 Å². The molecule has 0 radical (unpaired) electrons. The number of ether oxygens (including phenoxy) is 1. The molecule has 2 heteroatoms. The van der Waals surface area contributed by atoms with Crippen LogP contribution < -0.4 is 0 Å². The first-order valence-corrected chi connectivity index (χ1v) is 5.91. The number of hydrogen-bond acceptors (Lipinski definition) is 1. The standard InChI is InChI=1S/C10H21BrO/c1-5-10(6-11)7-12-9(4)8(2)3/h8-10H,5-7H2,1-4H3. The molecule has 0 fully saturated rings. The lowest BCUT2D eigenvalue weighted by Gasteiger charge is -2.19. The molecule has 0 saturated heterocycles. The molecular formula is C10H21BrO. The third-order valence-corrected chi connectivity index (χ3v) is 3.24. The number of halogens is 1. The van der Waals surface area contributed by atoms with E-state index in [0.29, 0.717) is 17.9 Å². The summed E-state index contributed by atoms with van der Waals surface area (Å²) in [6.07, 6.45) is 1.58. The van der Waals surface area contributed by atoms with E-state index in [1.807, 2.05) is 0 Å². The summed E-state index contributed by atoms with van der Waals surface area (Å²) < 4.78 is 5.72. The fourth-order valence-electron chi connectivity index (χ4n) is 0.752. The Morgan fingerprint density at radius 3 is 2.17 bits per heavy atom. The highest BCUT2D eigenvalue weighted by Crippen LogP contribution is 2.11. The summed E-state index contributed by atoms with van der Waals surface area (Å²) in [5.74, 6) is 1.30. The lowest BCUT2D eigenvalue weighted by Crippen LogP contribution is -2.20. The molecule has 0 spiro atoms. The Kier molecular flexibility index (Phi) is 7.16. The predicted octanol–water partition coefficient (Wildman–Crippen LogP) is 3.47. The summed E-state index contributed by atoms with van der Waals surface area (Å²) in [5.41, 5.74) is 0. The van der Waals surface area contributed by atoms with Gasteiger partial charge in [0, 0.05) is 5.33 Å². The fourth-order valence-corrected chi connectivity index (χ4v) is 1.40. The maximum Gasteiger partial charge on any atom is 0.0570 e. The lowest BCUT2D eigenvalue weighted by atomic mass is 10.1. The van der Waals surface area contributed by atoms with Crippen molar-refractivity contribution < 1.29 is 4.74 Å². The molecule has 0 heterocycles. The van der Waals surface area contributed by atoms with Gasteiger partial charge < -0.3 is 4.74 Å². The molecule has 0 aliphatic heterocycles. The van der Waals surface area contributed by atoms with Gasteiger partial charge in [-0.05, 0) is 18.8 Å². The van der Waals surface area contributed by atoms with Crippen LogP contribution in [0.4, 0.5) is 0 Å². The molecule has 0 amide bonds. The summed E-state index contributed by atoms with van der Waals surface area (Å²) in [7, 11) is 0. The van der Waals surface area contributed by atoms with Crippen LogP contribution in [0.25, 0.3) is 0 Å². The minimum absolute atomic E-state index is 0.387. The van der Waals surface area contributed by atoms with Crippen molar-refractivity contribution in [3.8, 4) is 0 Å². The summed E-state index contributed by atoms with van der Waals surface area (Å²) in [6, 6.07) is 0. The number of hydrogen-bond donors (Lipinski definition) is 0. The second-order valence-corrected chi connectivity index (χ2v) is 4.36. The maximum absolute atomic E-state index is 5.72. The molecule has 1 nitrogen and oxygen atoms in total. The third kappa shape index (κ3) is 5.15. The van der Waals surface area contributed by atoms with Crippen LogP contribution in [0.2, 0.25) is 0 Å². The van der Waals surface area contributed by atoms with Crippen molar-refractivity contribution in [2.45, 2.75) is 40.2 Å². The maximum atomic E-state index is 5.72. The average Bonchev–Trinajstić information content (AvgIpc) is 2.05. The Morgan fingerprint density at radius 1 is 1.25 bits per heavy atom. The van der Waals surface area contributed by atoms with E-state index in [1.54, 1.807) is 0 Å². The molecule has 0 aliphatic carbocycles.